The van der Waals surface area contributed by atoms with Crippen molar-refractivity contribution in [2.75, 3.05) is 45.8 Å². The molecule has 0 unspecified atom stereocenters. The minimum Gasteiger partial charge on any atom is -0.336 e. The third-order valence-corrected chi connectivity index (χ3v) is 4.26. The highest BCUT2D eigenvalue weighted by molar-refractivity contribution is 5.76. The van der Waals surface area contributed by atoms with E-state index in [4.69, 9.17) is 0 Å². The Morgan fingerprint density at radius 2 is 1.90 bits per heavy atom. The summed E-state index contributed by atoms with van der Waals surface area (Å²) in [5.41, 5.74) is 0.222. The molecule has 0 aromatic carbocycles. The first kappa shape index (κ1) is 15.6. The quantitative estimate of drug-likeness (QED) is 0.794. The van der Waals surface area contributed by atoms with E-state index in [1.807, 2.05) is 4.90 Å². The number of piperidine rings is 1. The summed E-state index contributed by atoms with van der Waals surface area (Å²) < 4.78 is 0. The first-order chi connectivity index (χ1) is 9.44. The zero-order valence-corrected chi connectivity index (χ0v) is 13.2. The molecule has 116 valence electrons. The zero-order chi connectivity index (χ0) is 14.6. The predicted molar refractivity (Wildman–Crippen MR) is 81.9 cm³/mol. The summed E-state index contributed by atoms with van der Waals surface area (Å²) in [5.74, 6) is 0.806. The topological polar surface area (TPSA) is 47.6 Å². The van der Waals surface area contributed by atoms with E-state index in [-0.39, 0.29) is 11.6 Å². The third kappa shape index (κ3) is 4.94. The maximum absolute atomic E-state index is 11.5. The lowest BCUT2D eigenvalue weighted by Crippen LogP contribution is -2.44. The van der Waals surface area contributed by atoms with E-state index in [9.17, 15) is 4.79 Å². The molecule has 2 amide bonds. The summed E-state index contributed by atoms with van der Waals surface area (Å²) in [6.45, 7) is 13.7. The van der Waals surface area contributed by atoms with Crippen LogP contribution in [0.2, 0.25) is 0 Å². The Morgan fingerprint density at radius 1 is 1.20 bits per heavy atom. The molecule has 0 atom stereocenters. The molecule has 2 heterocycles. The smallest absolute Gasteiger partial charge is 0.317 e. The van der Waals surface area contributed by atoms with Crippen LogP contribution in [-0.4, -0.2) is 67.2 Å². The van der Waals surface area contributed by atoms with Crippen LogP contribution in [0.5, 0.6) is 0 Å². The monoisotopic (exact) mass is 282 g/mol. The number of nitrogens with zero attached hydrogens (tertiary/aromatic N) is 2. The molecular formula is C15H30N4O. The first-order valence-corrected chi connectivity index (χ1v) is 7.94. The summed E-state index contributed by atoms with van der Waals surface area (Å²) in [7, 11) is 0. The van der Waals surface area contributed by atoms with Gasteiger partial charge in [0.25, 0.3) is 0 Å². The molecule has 0 bridgehead atoms. The lowest BCUT2D eigenvalue weighted by molar-refractivity contribution is 0.160. The van der Waals surface area contributed by atoms with Crippen molar-refractivity contribution in [2.45, 2.75) is 39.2 Å². The molecule has 0 spiro atoms. The number of nitrogens with one attached hydrogen (secondary N) is 2. The van der Waals surface area contributed by atoms with Gasteiger partial charge in [-0.2, -0.15) is 0 Å². The van der Waals surface area contributed by atoms with Gasteiger partial charge in [0, 0.05) is 31.7 Å². The van der Waals surface area contributed by atoms with Crippen LogP contribution in [0, 0.1) is 5.92 Å². The first-order valence-electron chi connectivity index (χ1n) is 7.94. The lowest BCUT2D eigenvalue weighted by Gasteiger charge is -2.34. The fourth-order valence-corrected chi connectivity index (χ4v) is 2.85. The maximum Gasteiger partial charge on any atom is 0.317 e. The van der Waals surface area contributed by atoms with Crippen LogP contribution in [0.4, 0.5) is 4.79 Å². The van der Waals surface area contributed by atoms with Crippen LogP contribution in [0.15, 0.2) is 0 Å². The Hall–Kier alpha value is -0.810. The van der Waals surface area contributed by atoms with Crippen LogP contribution in [0.3, 0.4) is 0 Å². The molecule has 2 aliphatic rings. The Labute approximate surface area is 123 Å². The van der Waals surface area contributed by atoms with Gasteiger partial charge in [0.2, 0.25) is 0 Å². The number of rotatable bonds is 5. The molecule has 2 fully saturated rings. The van der Waals surface area contributed by atoms with Gasteiger partial charge in [-0.25, -0.2) is 4.79 Å². The SMILES string of the molecule is CC(C)(C)NCC1CCN(CCN2CCNC2=O)CC1. The van der Waals surface area contributed by atoms with Crippen molar-refractivity contribution in [3.63, 3.8) is 0 Å². The number of carbonyl (C=O) groups is 1. The Bertz CT molecular complexity index is 318. The Kier molecular flexibility index (Phi) is 5.27. The van der Waals surface area contributed by atoms with E-state index in [1.165, 1.54) is 25.9 Å². The highest BCUT2D eigenvalue weighted by Gasteiger charge is 2.23. The fraction of sp³-hybridized carbons (Fsp3) is 0.933. The number of likely N-dealkylation sites (tertiary alicyclic amines) is 1. The molecule has 2 N–H and O–H groups in total. The second-order valence-corrected chi connectivity index (χ2v) is 7.13. The molecule has 0 radical (unpaired) electrons. The summed E-state index contributed by atoms with van der Waals surface area (Å²) in [6, 6.07) is 0.106. The molecule has 20 heavy (non-hydrogen) atoms. The number of hydrogen-bond donors (Lipinski definition) is 2. The van der Waals surface area contributed by atoms with Gasteiger partial charge in [-0.1, -0.05) is 0 Å². The largest absolute Gasteiger partial charge is 0.336 e. The molecule has 0 aliphatic carbocycles. The molecule has 5 nitrogen and oxygen atoms in total. The van der Waals surface area contributed by atoms with Gasteiger partial charge in [0.1, 0.15) is 0 Å². The molecule has 0 aromatic heterocycles. The van der Waals surface area contributed by atoms with Crippen LogP contribution in [0.1, 0.15) is 33.6 Å². The van der Waals surface area contributed by atoms with E-state index in [2.05, 4.69) is 36.3 Å². The molecule has 2 saturated heterocycles. The van der Waals surface area contributed by atoms with E-state index in [0.29, 0.717) is 0 Å². The van der Waals surface area contributed by atoms with E-state index < -0.39 is 0 Å². The summed E-state index contributed by atoms with van der Waals surface area (Å²) in [5, 5.41) is 6.46. The van der Waals surface area contributed by atoms with Gasteiger partial charge in [-0.15, -0.1) is 0 Å². The number of amides is 2. The fourth-order valence-electron chi connectivity index (χ4n) is 2.85. The van der Waals surface area contributed by atoms with Crippen LogP contribution in [0.25, 0.3) is 0 Å². The number of carbonyl (C=O) groups excluding carboxylic acids is 1. The average Bonchev–Trinajstić information content (AvgIpc) is 2.80. The average molecular weight is 282 g/mol. The molecule has 0 saturated carbocycles. The van der Waals surface area contributed by atoms with Crippen molar-refractivity contribution in [3.8, 4) is 0 Å². The van der Waals surface area contributed by atoms with Crippen molar-refractivity contribution in [1.82, 2.24) is 20.4 Å². The summed E-state index contributed by atoms with van der Waals surface area (Å²) in [6.07, 6.45) is 2.55. The van der Waals surface area contributed by atoms with Crippen molar-refractivity contribution in [1.29, 1.82) is 0 Å². The normalized spacial score (nSPS) is 22.4. The predicted octanol–water partition coefficient (Wildman–Crippen LogP) is 1.11. The van der Waals surface area contributed by atoms with Gasteiger partial charge in [0.15, 0.2) is 0 Å². The van der Waals surface area contributed by atoms with Crippen LogP contribution < -0.4 is 10.6 Å². The van der Waals surface area contributed by atoms with E-state index in [0.717, 1.165) is 38.6 Å². The van der Waals surface area contributed by atoms with Gasteiger partial charge in [-0.3, -0.25) is 0 Å². The third-order valence-electron chi connectivity index (χ3n) is 4.26. The second kappa shape index (κ2) is 6.76. The lowest BCUT2D eigenvalue weighted by atomic mass is 9.95. The highest BCUT2D eigenvalue weighted by atomic mass is 16.2. The minimum absolute atomic E-state index is 0.106. The van der Waals surface area contributed by atoms with Crippen molar-refractivity contribution in [3.05, 3.63) is 0 Å². The van der Waals surface area contributed by atoms with E-state index >= 15 is 0 Å². The summed E-state index contributed by atoms with van der Waals surface area (Å²) in [4.78, 5) is 15.9. The van der Waals surface area contributed by atoms with Gasteiger partial charge < -0.3 is 20.4 Å². The van der Waals surface area contributed by atoms with Gasteiger partial charge in [-0.05, 0) is 59.2 Å². The van der Waals surface area contributed by atoms with Crippen molar-refractivity contribution in [2.24, 2.45) is 5.92 Å². The second-order valence-electron chi connectivity index (χ2n) is 7.13. The highest BCUT2D eigenvalue weighted by Crippen LogP contribution is 2.17. The van der Waals surface area contributed by atoms with Crippen molar-refractivity contribution < 1.29 is 4.79 Å². The molecule has 2 aliphatic heterocycles. The van der Waals surface area contributed by atoms with Crippen LogP contribution in [-0.2, 0) is 0 Å². The van der Waals surface area contributed by atoms with E-state index in [1.54, 1.807) is 0 Å². The standard InChI is InChI=1S/C15H30N4O/c1-15(2,3)17-12-13-4-7-18(8-5-13)10-11-19-9-6-16-14(19)20/h13,17H,4-12H2,1-3H3,(H,16,20). The van der Waals surface area contributed by atoms with Gasteiger partial charge >= 0.3 is 6.03 Å². The van der Waals surface area contributed by atoms with Gasteiger partial charge in [0.05, 0.1) is 0 Å². The number of urea groups is 1. The molecule has 0 aromatic rings. The molecular weight excluding hydrogens is 252 g/mol. The summed E-state index contributed by atoms with van der Waals surface area (Å²) >= 11 is 0. The van der Waals surface area contributed by atoms with Crippen molar-refractivity contribution >= 4 is 6.03 Å². The maximum atomic E-state index is 11.5. The Morgan fingerprint density at radius 3 is 2.45 bits per heavy atom. The van der Waals surface area contributed by atoms with Crippen LogP contribution >= 0.6 is 0 Å². The Balaban J connectivity index is 1.60. The number of hydrogen-bond acceptors (Lipinski definition) is 3. The molecule has 2 rings (SSSR count). The zero-order valence-electron chi connectivity index (χ0n) is 13.2. The minimum atomic E-state index is 0.106. The molecule has 5 heteroatoms.